The molecule has 3 rings (SSSR count). The van der Waals surface area contributed by atoms with Gasteiger partial charge in [0.15, 0.2) is 0 Å². The van der Waals surface area contributed by atoms with Crippen molar-refractivity contribution in [1.82, 2.24) is 14.8 Å². The monoisotopic (exact) mass is 357 g/mol. The Labute approximate surface area is 149 Å². The number of aromatic nitrogens is 3. The summed E-state index contributed by atoms with van der Waals surface area (Å²) in [5, 5.41) is 5.38. The van der Waals surface area contributed by atoms with Gasteiger partial charge in [0.2, 0.25) is 5.91 Å². The standard InChI is InChI=1S/C17H16ClN5O2/c1-10(24)23(14-8-20-22(2)16(14)17(19)25)9-11-3-4-12-5-6-15(18)21-13(12)7-11/h3-8H,9H2,1-2H3,(H2,19,25). The van der Waals surface area contributed by atoms with Crippen molar-refractivity contribution in [2.75, 3.05) is 4.90 Å². The Morgan fingerprint density at radius 1 is 1.28 bits per heavy atom. The lowest BCUT2D eigenvalue weighted by Gasteiger charge is -2.21. The Kier molecular flexibility index (Phi) is 4.41. The van der Waals surface area contributed by atoms with Gasteiger partial charge in [0.25, 0.3) is 5.91 Å². The zero-order valence-corrected chi connectivity index (χ0v) is 14.5. The lowest BCUT2D eigenvalue weighted by Crippen LogP contribution is -2.30. The predicted molar refractivity (Wildman–Crippen MR) is 95.3 cm³/mol. The Bertz CT molecular complexity index is 982. The largest absolute Gasteiger partial charge is 0.364 e. The van der Waals surface area contributed by atoms with Crippen LogP contribution in [0.3, 0.4) is 0 Å². The van der Waals surface area contributed by atoms with Crippen LogP contribution in [0.4, 0.5) is 5.69 Å². The van der Waals surface area contributed by atoms with Crippen LogP contribution in [-0.4, -0.2) is 26.6 Å². The van der Waals surface area contributed by atoms with Gasteiger partial charge in [-0.25, -0.2) is 4.98 Å². The number of nitrogens with two attached hydrogens (primary N) is 1. The van der Waals surface area contributed by atoms with E-state index in [0.717, 1.165) is 16.5 Å². The molecule has 1 aromatic carbocycles. The maximum atomic E-state index is 12.2. The van der Waals surface area contributed by atoms with Crippen LogP contribution in [0.1, 0.15) is 23.0 Å². The first kappa shape index (κ1) is 16.9. The third kappa shape index (κ3) is 3.32. The fourth-order valence-corrected chi connectivity index (χ4v) is 2.85. The van der Waals surface area contributed by atoms with Crippen LogP contribution in [0.5, 0.6) is 0 Å². The van der Waals surface area contributed by atoms with Crippen molar-refractivity contribution in [1.29, 1.82) is 0 Å². The molecule has 2 amide bonds. The summed E-state index contributed by atoms with van der Waals surface area (Å²) in [6.45, 7) is 1.68. The van der Waals surface area contributed by atoms with E-state index in [0.29, 0.717) is 10.8 Å². The smallest absolute Gasteiger partial charge is 0.269 e. The number of hydrogen-bond acceptors (Lipinski definition) is 4. The minimum absolute atomic E-state index is 0.178. The molecule has 2 heterocycles. The summed E-state index contributed by atoms with van der Waals surface area (Å²) >= 11 is 5.94. The van der Waals surface area contributed by atoms with E-state index in [4.69, 9.17) is 17.3 Å². The molecule has 8 heteroatoms. The highest BCUT2D eigenvalue weighted by Gasteiger charge is 2.22. The molecule has 0 aliphatic heterocycles. The SMILES string of the molecule is CC(=O)N(Cc1ccc2ccc(Cl)nc2c1)c1cnn(C)c1C(N)=O. The Morgan fingerprint density at radius 2 is 2.00 bits per heavy atom. The zero-order valence-electron chi connectivity index (χ0n) is 13.7. The summed E-state index contributed by atoms with van der Waals surface area (Å²) in [7, 11) is 1.60. The van der Waals surface area contributed by atoms with Crippen molar-refractivity contribution in [3.05, 3.63) is 52.9 Å². The molecule has 0 atom stereocenters. The number of anilines is 1. The molecular weight excluding hydrogens is 342 g/mol. The first-order valence-electron chi connectivity index (χ1n) is 7.52. The van der Waals surface area contributed by atoms with Gasteiger partial charge in [0.1, 0.15) is 10.8 Å². The Morgan fingerprint density at radius 3 is 2.68 bits per heavy atom. The second-order valence-corrected chi connectivity index (χ2v) is 6.02. The average Bonchev–Trinajstić information content (AvgIpc) is 2.93. The quantitative estimate of drug-likeness (QED) is 0.725. The molecule has 0 aliphatic carbocycles. The van der Waals surface area contributed by atoms with Gasteiger partial charge in [-0.3, -0.25) is 14.3 Å². The summed E-state index contributed by atoms with van der Waals surface area (Å²) in [6, 6.07) is 9.26. The number of pyridine rings is 1. The number of benzene rings is 1. The molecule has 0 unspecified atom stereocenters. The number of primary amides is 1. The van der Waals surface area contributed by atoms with E-state index in [2.05, 4.69) is 10.1 Å². The van der Waals surface area contributed by atoms with E-state index in [1.807, 2.05) is 24.3 Å². The van der Waals surface area contributed by atoms with Crippen LogP contribution < -0.4 is 10.6 Å². The fourth-order valence-electron chi connectivity index (χ4n) is 2.69. The van der Waals surface area contributed by atoms with Crippen LogP contribution in [0.25, 0.3) is 10.9 Å². The molecule has 0 saturated carbocycles. The summed E-state index contributed by atoms with van der Waals surface area (Å²) in [5.41, 5.74) is 7.55. The van der Waals surface area contributed by atoms with Gasteiger partial charge in [-0.05, 0) is 23.8 Å². The molecule has 0 fully saturated rings. The zero-order chi connectivity index (χ0) is 18.1. The van der Waals surface area contributed by atoms with Gasteiger partial charge in [-0.1, -0.05) is 23.7 Å². The second-order valence-electron chi connectivity index (χ2n) is 5.63. The normalized spacial score (nSPS) is 10.8. The Balaban J connectivity index is 2.01. The van der Waals surface area contributed by atoms with Crippen molar-refractivity contribution < 1.29 is 9.59 Å². The van der Waals surface area contributed by atoms with Gasteiger partial charge in [-0.2, -0.15) is 5.10 Å². The third-order valence-electron chi connectivity index (χ3n) is 3.89. The van der Waals surface area contributed by atoms with Crippen LogP contribution in [0.15, 0.2) is 36.5 Å². The van der Waals surface area contributed by atoms with Crippen LogP contribution in [0, 0.1) is 0 Å². The number of halogens is 1. The number of carbonyl (C=O) groups is 2. The number of rotatable bonds is 4. The predicted octanol–water partition coefficient (Wildman–Crippen LogP) is 2.27. The van der Waals surface area contributed by atoms with Crippen molar-refractivity contribution in [2.24, 2.45) is 12.8 Å². The maximum Gasteiger partial charge on any atom is 0.269 e. The summed E-state index contributed by atoms with van der Waals surface area (Å²) in [6.07, 6.45) is 1.46. The molecule has 128 valence electrons. The van der Waals surface area contributed by atoms with Crippen molar-refractivity contribution in [3.63, 3.8) is 0 Å². The molecule has 2 N–H and O–H groups in total. The molecule has 0 spiro atoms. The first-order valence-corrected chi connectivity index (χ1v) is 7.89. The molecule has 0 saturated heterocycles. The molecular formula is C17H16ClN5O2. The van der Waals surface area contributed by atoms with Gasteiger partial charge in [-0.15, -0.1) is 0 Å². The molecule has 7 nitrogen and oxygen atoms in total. The summed E-state index contributed by atoms with van der Waals surface area (Å²) in [4.78, 5) is 29.6. The summed E-state index contributed by atoms with van der Waals surface area (Å²) < 4.78 is 1.36. The Hall–Kier alpha value is -2.93. The van der Waals surface area contributed by atoms with Gasteiger partial charge < -0.3 is 10.6 Å². The van der Waals surface area contributed by atoms with Crippen molar-refractivity contribution in [3.8, 4) is 0 Å². The van der Waals surface area contributed by atoms with Gasteiger partial charge in [0.05, 0.1) is 23.9 Å². The number of nitrogens with zero attached hydrogens (tertiary/aromatic N) is 4. The highest BCUT2D eigenvalue weighted by atomic mass is 35.5. The van der Waals surface area contributed by atoms with E-state index in [9.17, 15) is 9.59 Å². The number of aryl methyl sites for hydroxylation is 1. The van der Waals surface area contributed by atoms with Crippen molar-refractivity contribution >= 4 is 40.0 Å². The highest BCUT2D eigenvalue weighted by Crippen LogP contribution is 2.24. The fraction of sp³-hybridized carbons (Fsp3) is 0.176. The number of carbonyl (C=O) groups excluding carboxylic acids is 2. The van der Waals surface area contributed by atoms with E-state index < -0.39 is 5.91 Å². The number of hydrogen-bond donors (Lipinski definition) is 1. The first-order chi connectivity index (χ1) is 11.9. The minimum Gasteiger partial charge on any atom is -0.364 e. The van der Waals surface area contributed by atoms with E-state index in [-0.39, 0.29) is 18.1 Å². The molecule has 2 aromatic heterocycles. The number of amides is 2. The summed E-state index contributed by atoms with van der Waals surface area (Å²) in [5.74, 6) is -0.872. The maximum absolute atomic E-state index is 12.2. The van der Waals surface area contributed by atoms with Gasteiger partial charge in [0, 0.05) is 19.4 Å². The second kappa shape index (κ2) is 6.52. The van der Waals surface area contributed by atoms with Crippen LogP contribution >= 0.6 is 11.6 Å². The lowest BCUT2D eigenvalue weighted by molar-refractivity contribution is -0.116. The molecule has 0 bridgehead atoms. The highest BCUT2D eigenvalue weighted by molar-refractivity contribution is 6.29. The average molecular weight is 358 g/mol. The topological polar surface area (TPSA) is 94.1 Å². The van der Waals surface area contributed by atoms with E-state index >= 15 is 0 Å². The molecule has 3 aromatic rings. The van der Waals surface area contributed by atoms with E-state index in [1.54, 1.807) is 13.1 Å². The van der Waals surface area contributed by atoms with E-state index in [1.165, 1.54) is 22.7 Å². The number of fused-ring (bicyclic) bond motifs is 1. The van der Waals surface area contributed by atoms with Crippen LogP contribution in [-0.2, 0) is 18.4 Å². The lowest BCUT2D eigenvalue weighted by atomic mass is 10.1. The molecule has 0 aliphatic rings. The van der Waals surface area contributed by atoms with Crippen molar-refractivity contribution in [2.45, 2.75) is 13.5 Å². The van der Waals surface area contributed by atoms with Crippen LogP contribution in [0.2, 0.25) is 5.15 Å². The minimum atomic E-state index is -0.645. The van der Waals surface area contributed by atoms with Gasteiger partial charge >= 0.3 is 0 Å². The molecule has 0 radical (unpaired) electrons. The molecule has 25 heavy (non-hydrogen) atoms. The third-order valence-corrected chi connectivity index (χ3v) is 4.10.